The maximum atomic E-state index is 4.64. The van der Waals surface area contributed by atoms with Crippen molar-refractivity contribution >= 4 is 108 Å². The lowest BCUT2D eigenvalue weighted by atomic mass is 9.90. The molecule has 8 heteroatoms. The van der Waals surface area contributed by atoms with E-state index >= 15 is 0 Å². The number of aromatic nitrogens is 8. The molecule has 0 N–H and O–H groups in total. The third-order valence-electron chi connectivity index (χ3n) is 25.5. The first kappa shape index (κ1) is 80.7. The molecule has 0 bridgehead atoms. The topological polar surface area (TPSA) is 58.1 Å². The molecule has 13 aromatic carbocycles. The van der Waals surface area contributed by atoms with Gasteiger partial charge in [0.2, 0.25) is 28.5 Å². The van der Waals surface area contributed by atoms with E-state index in [1.807, 2.05) is 18.6 Å². The number of nitrogens with zero attached hydrogens (tertiary/aromatic N) is 8. The standard InChI is InChI=1S/C29H26N.C25H24N.2C21H19N2.C20H17N2/c1-19-8-7-9-20(2)29(19)24-14-15-30(4)28(17-24)26-18-27-23(16-21(26)3)13-12-22-10-5-6-11-25(22)27;1-17-13-20-12-11-18-7-5-6-10-22(18)24(20)15-23(17)25-14-19-8-3-4-9-21(19)16-26(25)2;1-14-8-9-21(23(3)13-14)18-11-19-17-7-5-4-6-16(17)12-22-20(19)10-15(18)2;1-14-8-9-23(3)21(10-14)18-12-19-17-7-5-4-6-16(17)13-22-20(19)11-15(18)2;1-14-11-19-18(16-8-4-3-7-15(16)13-21-19)12-17(14)20-9-5-6-10-22(20)2/h5-18H,1-4H3;5-7,10-16H,3-4,8-9H2,1-2H3;2*4-13H,1-3H3;3-13H,1-2H3/q5*+1. The van der Waals surface area contributed by atoms with E-state index in [-0.39, 0.29) is 0 Å². The van der Waals surface area contributed by atoms with Crippen LogP contribution in [0.2, 0.25) is 0 Å². The molecule has 124 heavy (non-hydrogen) atoms. The van der Waals surface area contributed by atoms with Crippen molar-refractivity contribution in [2.75, 3.05) is 0 Å². The number of benzene rings is 13. The normalized spacial score (nSPS) is 11.8. The van der Waals surface area contributed by atoms with Crippen molar-refractivity contribution in [2.24, 2.45) is 35.2 Å². The predicted octanol–water partition coefficient (Wildman–Crippen LogP) is 25.9. The molecule has 0 unspecified atom stereocenters. The van der Waals surface area contributed by atoms with E-state index in [2.05, 4.69) is 451 Å². The Morgan fingerprint density at radius 1 is 0.226 bits per heavy atom. The molecule has 8 aromatic heterocycles. The van der Waals surface area contributed by atoms with E-state index in [1.165, 1.54) is 240 Å². The predicted molar refractivity (Wildman–Crippen MR) is 518 cm³/mol. The van der Waals surface area contributed by atoms with Crippen molar-refractivity contribution in [1.82, 2.24) is 15.0 Å². The lowest BCUT2D eigenvalue weighted by Gasteiger charge is -2.16. The molecule has 0 spiro atoms. The summed E-state index contributed by atoms with van der Waals surface area (Å²) < 4.78 is 11.1. The SMILES string of the molecule is Cc1cc2ccc3ccccc3c2cc1-c1cc(-c2c(C)cccc2C)cc[n+]1C.Cc1cc2ccc3ccccc3c2cc1-c1cc2c(c[n+]1C)CCCC2.Cc1cc2ncc3ccccc3c2cc1-c1cccc[n+]1C.Cc1cc[n+](C)c(-c2cc3c(cc2C)ncc2ccccc23)c1.Cc1ccc(-c2cc3c(cc2C)ncc2ccccc23)[n+](C)c1. The highest BCUT2D eigenvalue weighted by atomic mass is 14.9. The van der Waals surface area contributed by atoms with E-state index in [0.29, 0.717) is 0 Å². The molecular weight excluding hydrogens is 1510 g/mol. The maximum absolute atomic E-state index is 4.64. The van der Waals surface area contributed by atoms with E-state index < -0.39 is 0 Å². The first-order chi connectivity index (χ1) is 60.2. The Hall–Kier alpha value is -14.3. The molecular formula is C116H105N8+5. The summed E-state index contributed by atoms with van der Waals surface area (Å²) in [7, 11) is 10.6. The van der Waals surface area contributed by atoms with Gasteiger partial charge in [0.15, 0.2) is 31.0 Å². The molecule has 8 heterocycles. The molecule has 0 atom stereocenters. The monoisotopic (exact) mass is 1610 g/mol. The number of fused-ring (bicyclic) bond motifs is 16. The van der Waals surface area contributed by atoms with Crippen molar-refractivity contribution in [1.29, 1.82) is 0 Å². The highest BCUT2D eigenvalue weighted by molar-refractivity contribution is 6.12. The van der Waals surface area contributed by atoms with Gasteiger partial charge in [0, 0.05) is 138 Å². The van der Waals surface area contributed by atoms with Gasteiger partial charge in [0.05, 0.1) is 16.6 Å². The largest absolute Gasteiger partial charge is 0.256 e. The molecule has 0 fully saturated rings. The van der Waals surface area contributed by atoms with Crippen molar-refractivity contribution in [2.45, 2.75) is 88.0 Å². The maximum Gasteiger partial charge on any atom is 0.213 e. The summed E-state index contributed by atoms with van der Waals surface area (Å²) in [5.41, 5.74) is 33.1. The fourth-order valence-electron chi connectivity index (χ4n) is 18.9. The number of hydrogen-bond donors (Lipinski definition) is 0. The number of pyridine rings is 8. The summed E-state index contributed by atoms with van der Waals surface area (Å²) in [6.07, 6.45) is 21.9. The smallest absolute Gasteiger partial charge is 0.213 e. The third kappa shape index (κ3) is 16.0. The van der Waals surface area contributed by atoms with Gasteiger partial charge in [-0.25, -0.2) is 22.8 Å². The quantitative estimate of drug-likeness (QED) is 0.123. The molecule has 1 aliphatic rings. The zero-order valence-electron chi connectivity index (χ0n) is 73.7. The highest BCUT2D eigenvalue weighted by Crippen LogP contribution is 2.39. The van der Waals surface area contributed by atoms with Gasteiger partial charge in [0.25, 0.3) is 0 Å². The van der Waals surface area contributed by atoms with Crippen LogP contribution in [0.15, 0.2) is 335 Å². The van der Waals surface area contributed by atoms with Crippen LogP contribution in [0, 0.1) is 62.3 Å². The molecule has 21 aromatic rings. The molecule has 0 amide bonds. The van der Waals surface area contributed by atoms with Gasteiger partial charge >= 0.3 is 0 Å². The Morgan fingerprint density at radius 3 is 1.07 bits per heavy atom. The van der Waals surface area contributed by atoms with Crippen LogP contribution in [0.25, 0.3) is 176 Å². The molecule has 0 saturated carbocycles. The highest BCUT2D eigenvalue weighted by Gasteiger charge is 2.24. The fourth-order valence-corrected chi connectivity index (χ4v) is 18.9. The van der Waals surface area contributed by atoms with Crippen LogP contribution in [0.4, 0.5) is 0 Å². The minimum atomic E-state index is 1.05. The third-order valence-corrected chi connectivity index (χ3v) is 25.5. The zero-order valence-corrected chi connectivity index (χ0v) is 73.7. The Bertz CT molecular complexity index is 7790. The van der Waals surface area contributed by atoms with Gasteiger partial charge in [-0.2, -0.15) is 0 Å². The summed E-state index contributed by atoms with van der Waals surface area (Å²) in [6.45, 7) is 19.6. The second kappa shape index (κ2) is 34.3. The second-order valence-electron chi connectivity index (χ2n) is 34.2. The minimum absolute atomic E-state index is 1.05. The first-order valence-corrected chi connectivity index (χ1v) is 43.4. The van der Waals surface area contributed by atoms with Gasteiger partial charge in [-0.05, 0) is 269 Å². The molecule has 0 radical (unpaired) electrons. The van der Waals surface area contributed by atoms with Gasteiger partial charge in [-0.3, -0.25) is 15.0 Å². The summed E-state index contributed by atoms with van der Waals surface area (Å²) in [5, 5.41) is 21.5. The van der Waals surface area contributed by atoms with Crippen LogP contribution in [0.3, 0.4) is 0 Å². The van der Waals surface area contributed by atoms with Crippen LogP contribution < -0.4 is 22.8 Å². The van der Waals surface area contributed by atoms with Gasteiger partial charge in [-0.15, -0.1) is 0 Å². The average molecular weight is 1610 g/mol. The van der Waals surface area contributed by atoms with Crippen LogP contribution in [-0.2, 0) is 48.1 Å². The minimum Gasteiger partial charge on any atom is -0.256 e. The average Bonchev–Trinajstić information content (AvgIpc) is 0.784. The number of aryl methyl sites for hydroxylation is 16. The van der Waals surface area contributed by atoms with Crippen molar-refractivity contribution < 1.29 is 22.8 Å². The first-order valence-electron chi connectivity index (χ1n) is 43.4. The molecule has 604 valence electrons. The Morgan fingerprint density at radius 2 is 0.597 bits per heavy atom. The Balaban J connectivity index is 0.000000106. The molecule has 0 aliphatic heterocycles. The summed E-state index contributed by atoms with van der Waals surface area (Å²) in [5.74, 6) is 0. The van der Waals surface area contributed by atoms with Gasteiger partial charge < -0.3 is 0 Å². The van der Waals surface area contributed by atoms with Crippen LogP contribution in [0.1, 0.15) is 74.0 Å². The number of hydrogen-bond acceptors (Lipinski definition) is 3. The van der Waals surface area contributed by atoms with Crippen LogP contribution in [-0.4, -0.2) is 15.0 Å². The Labute approximate surface area is 727 Å². The second-order valence-corrected chi connectivity index (χ2v) is 34.2. The van der Waals surface area contributed by atoms with Crippen LogP contribution >= 0.6 is 0 Å². The van der Waals surface area contributed by atoms with Crippen LogP contribution in [0.5, 0.6) is 0 Å². The van der Waals surface area contributed by atoms with E-state index in [9.17, 15) is 0 Å². The Kier molecular flexibility index (Phi) is 22.3. The van der Waals surface area contributed by atoms with Crippen molar-refractivity contribution in [3.63, 3.8) is 0 Å². The number of rotatable bonds is 6. The lowest BCUT2D eigenvalue weighted by molar-refractivity contribution is -0.661. The summed E-state index contributed by atoms with van der Waals surface area (Å²) in [6, 6.07) is 103. The summed E-state index contributed by atoms with van der Waals surface area (Å²) in [4.78, 5) is 13.9. The molecule has 0 saturated heterocycles. The fraction of sp³-hybridized carbons (Fsp3) is 0.155. The summed E-state index contributed by atoms with van der Waals surface area (Å²) >= 11 is 0. The van der Waals surface area contributed by atoms with E-state index in [4.69, 9.17) is 0 Å². The van der Waals surface area contributed by atoms with Crippen molar-refractivity contribution in [3.8, 4) is 67.4 Å². The van der Waals surface area contributed by atoms with Gasteiger partial charge in [-0.1, -0.05) is 176 Å². The molecule has 22 rings (SSSR count). The van der Waals surface area contributed by atoms with E-state index in [0.717, 1.165) is 16.6 Å². The van der Waals surface area contributed by atoms with E-state index in [1.54, 1.807) is 5.56 Å². The van der Waals surface area contributed by atoms with Crippen molar-refractivity contribution in [3.05, 3.63) is 396 Å². The molecule has 8 nitrogen and oxygen atoms in total. The zero-order chi connectivity index (χ0) is 85.6. The van der Waals surface area contributed by atoms with Gasteiger partial charge in [0.1, 0.15) is 35.2 Å². The lowest BCUT2D eigenvalue weighted by Crippen LogP contribution is -2.32. The molecule has 1 aliphatic carbocycles.